The predicted molar refractivity (Wildman–Crippen MR) is 66.6 cm³/mol. The number of hydrogen-bond acceptors (Lipinski definition) is 2. The molecule has 0 unspecified atom stereocenters. The molecule has 0 aliphatic heterocycles. The lowest BCUT2D eigenvalue weighted by molar-refractivity contribution is 0.835. The normalized spacial score (nSPS) is 14.8. The van der Waals surface area contributed by atoms with Crippen LogP contribution in [-0.2, 0) is 0 Å². The maximum absolute atomic E-state index is 7.57. The predicted octanol–water partition coefficient (Wildman–Crippen LogP) is 2.03. The van der Waals surface area contributed by atoms with Crippen LogP contribution in [0.1, 0.15) is 30.0 Å². The summed E-state index contributed by atoms with van der Waals surface area (Å²) < 4.78 is 1.81. The van der Waals surface area contributed by atoms with E-state index in [2.05, 4.69) is 11.2 Å². The van der Waals surface area contributed by atoms with E-state index in [0.717, 1.165) is 16.9 Å². The molecule has 1 saturated carbocycles. The average Bonchev–Trinajstić information content (AvgIpc) is 3.07. The van der Waals surface area contributed by atoms with Gasteiger partial charge in [0.1, 0.15) is 5.84 Å². The molecule has 3 N–H and O–H groups in total. The Labute approximate surface area is 99.6 Å². The van der Waals surface area contributed by atoms with Crippen LogP contribution in [0.25, 0.3) is 5.69 Å². The van der Waals surface area contributed by atoms with E-state index in [1.54, 1.807) is 0 Å². The molecule has 0 bridgehead atoms. The molecule has 0 spiro atoms. The van der Waals surface area contributed by atoms with Crippen molar-refractivity contribution in [2.24, 2.45) is 5.73 Å². The van der Waals surface area contributed by atoms with Gasteiger partial charge in [-0.3, -0.25) is 5.41 Å². The summed E-state index contributed by atoms with van der Waals surface area (Å²) in [6, 6.07) is 9.64. The Balaban J connectivity index is 2.04. The molecular weight excluding hydrogens is 212 g/mol. The van der Waals surface area contributed by atoms with Crippen molar-refractivity contribution >= 4 is 5.84 Å². The monoisotopic (exact) mass is 226 g/mol. The number of nitrogens with two attached hydrogens (primary N) is 1. The maximum Gasteiger partial charge on any atom is 0.124 e. The van der Waals surface area contributed by atoms with Crippen LogP contribution in [0.4, 0.5) is 0 Å². The minimum atomic E-state index is 0.0732. The number of aromatic nitrogens is 2. The van der Waals surface area contributed by atoms with Gasteiger partial charge in [-0.1, -0.05) is 12.1 Å². The summed E-state index contributed by atoms with van der Waals surface area (Å²) in [5.41, 5.74) is 8.30. The first-order valence-electron chi connectivity index (χ1n) is 5.75. The van der Waals surface area contributed by atoms with Crippen molar-refractivity contribution in [2.45, 2.75) is 18.8 Å². The molecule has 1 aliphatic rings. The summed E-state index contributed by atoms with van der Waals surface area (Å²) in [6.07, 6.45) is 4.42. The molecular formula is C13H14N4. The molecule has 1 heterocycles. The smallest absolute Gasteiger partial charge is 0.124 e. The fourth-order valence-corrected chi connectivity index (χ4v) is 1.97. The molecule has 0 atom stereocenters. The number of hydrogen-bond donors (Lipinski definition) is 2. The molecule has 1 aromatic heterocycles. The summed E-state index contributed by atoms with van der Waals surface area (Å²) in [5.74, 6) is 0.713. The van der Waals surface area contributed by atoms with Crippen LogP contribution in [0.3, 0.4) is 0 Å². The number of nitrogens with zero attached hydrogens (tertiary/aromatic N) is 2. The highest BCUT2D eigenvalue weighted by atomic mass is 15.3. The number of amidine groups is 1. The van der Waals surface area contributed by atoms with Gasteiger partial charge in [-0.2, -0.15) is 5.10 Å². The Morgan fingerprint density at radius 2 is 2.06 bits per heavy atom. The molecule has 4 heteroatoms. The van der Waals surface area contributed by atoms with Crippen molar-refractivity contribution in [1.29, 1.82) is 5.41 Å². The highest BCUT2D eigenvalue weighted by Crippen LogP contribution is 2.39. The summed E-state index contributed by atoms with van der Waals surface area (Å²) in [4.78, 5) is 0. The Hall–Kier alpha value is -2.10. The number of rotatable bonds is 3. The third kappa shape index (κ3) is 1.82. The number of para-hydroxylation sites is 1. The van der Waals surface area contributed by atoms with E-state index in [0.29, 0.717) is 5.92 Å². The van der Waals surface area contributed by atoms with E-state index in [1.165, 1.54) is 12.8 Å². The van der Waals surface area contributed by atoms with Crippen LogP contribution in [0.15, 0.2) is 36.5 Å². The highest BCUT2D eigenvalue weighted by molar-refractivity contribution is 5.98. The standard InChI is InChI=1S/C13H14N4/c14-13(15)10-3-1-2-4-12(10)17-8-7-11(16-17)9-5-6-9/h1-4,7-9H,5-6H2,(H3,14,15). The zero-order valence-electron chi connectivity index (χ0n) is 9.43. The number of nitrogens with one attached hydrogen (secondary N) is 1. The van der Waals surface area contributed by atoms with Crippen LogP contribution in [0.5, 0.6) is 0 Å². The van der Waals surface area contributed by atoms with Crippen molar-refractivity contribution in [2.75, 3.05) is 0 Å². The fourth-order valence-electron chi connectivity index (χ4n) is 1.97. The fraction of sp³-hybridized carbons (Fsp3) is 0.231. The molecule has 1 fully saturated rings. The van der Waals surface area contributed by atoms with Gasteiger partial charge in [0.05, 0.1) is 11.4 Å². The van der Waals surface area contributed by atoms with Gasteiger partial charge in [0, 0.05) is 17.7 Å². The van der Waals surface area contributed by atoms with Crippen molar-refractivity contribution in [3.8, 4) is 5.69 Å². The van der Waals surface area contributed by atoms with Crippen LogP contribution in [-0.4, -0.2) is 15.6 Å². The van der Waals surface area contributed by atoms with Gasteiger partial charge >= 0.3 is 0 Å². The van der Waals surface area contributed by atoms with Crippen LogP contribution < -0.4 is 5.73 Å². The second kappa shape index (κ2) is 3.73. The Morgan fingerprint density at radius 3 is 2.76 bits per heavy atom. The Bertz CT molecular complexity index is 566. The second-order valence-corrected chi connectivity index (χ2v) is 4.39. The van der Waals surface area contributed by atoms with Gasteiger partial charge in [-0.05, 0) is 31.0 Å². The van der Waals surface area contributed by atoms with E-state index in [9.17, 15) is 0 Å². The third-order valence-corrected chi connectivity index (χ3v) is 3.05. The van der Waals surface area contributed by atoms with Gasteiger partial charge < -0.3 is 5.73 Å². The molecule has 0 saturated heterocycles. The minimum Gasteiger partial charge on any atom is -0.384 e. The average molecular weight is 226 g/mol. The van der Waals surface area contributed by atoms with E-state index in [4.69, 9.17) is 11.1 Å². The first-order valence-corrected chi connectivity index (χ1v) is 5.75. The van der Waals surface area contributed by atoms with Gasteiger partial charge in [0.15, 0.2) is 0 Å². The van der Waals surface area contributed by atoms with Crippen LogP contribution in [0, 0.1) is 5.41 Å². The van der Waals surface area contributed by atoms with Crippen molar-refractivity contribution in [3.05, 3.63) is 47.8 Å². The molecule has 3 rings (SSSR count). The van der Waals surface area contributed by atoms with Crippen molar-refractivity contribution in [1.82, 2.24) is 9.78 Å². The largest absolute Gasteiger partial charge is 0.384 e. The van der Waals surface area contributed by atoms with Crippen molar-refractivity contribution < 1.29 is 0 Å². The minimum absolute atomic E-state index is 0.0732. The molecule has 17 heavy (non-hydrogen) atoms. The molecule has 2 aromatic rings. The first kappa shape index (κ1) is 10.1. The number of nitrogen functional groups attached to an aromatic ring is 1. The van der Waals surface area contributed by atoms with Crippen LogP contribution >= 0.6 is 0 Å². The SMILES string of the molecule is N=C(N)c1ccccc1-n1ccc(C2CC2)n1. The summed E-state index contributed by atoms with van der Waals surface area (Å²) >= 11 is 0. The lowest BCUT2D eigenvalue weighted by Gasteiger charge is -2.07. The molecule has 86 valence electrons. The first-order chi connectivity index (χ1) is 8.25. The van der Waals surface area contributed by atoms with Gasteiger partial charge in [0.2, 0.25) is 0 Å². The molecule has 1 aliphatic carbocycles. The molecule has 0 amide bonds. The second-order valence-electron chi connectivity index (χ2n) is 4.39. The van der Waals surface area contributed by atoms with E-state index >= 15 is 0 Å². The maximum atomic E-state index is 7.57. The summed E-state index contributed by atoms with van der Waals surface area (Å²) in [7, 11) is 0. The van der Waals surface area contributed by atoms with Gasteiger partial charge in [-0.15, -0.1) is 0 Å². The third-order valence-electron chi connectivity index (χ3n) is 3.05. The summed E-state index contributed by atoms with van der Waals surface area (Å²) in [6.45, 7) is 0. The lowest BCUT2D eigenvalue weighted by atomic mass is 10.1. The zero-order chi connectivity index (χ0) is 11.8. The Morgan fingerprint density at radius 1 is 1.29 bits per heavy atom. The topological polar surface area (TPSA) is 67.7 Å². The van der Waals surface area contributed by atoms with Crippen LogP contribution in [0.2, 0.25) is 0 Å². The van der Waals surface area contributed by atoms with E-state index in [1.807, 2.05) is 35.1 Å². The summed E-state index contributed by atoms with van der Waals surface area (Å²) in [5, 5.41) is 12.1. The highest BCUT2D eigenvalue weighted by Gasteiger charge is 2.26. The quantitative estimate of drug-likeness (QED) is 0.621. The molecule has 4 nitrogen and oxygen atoms in total. The van der Waals surface area contributed by atoms with E-state index in [-0.39, 0.29) is 5.84 Å². The van der Waals surface area contributed by atoms with Crippen molar-refractivity contribution in [3.63, 3.8) is 0 Å². The van der Waals surface area contributed by atoms with Gasteiger partial charge in [0.25, 0.3) is 0 Å². The molecule has 0 radical (unpaired) electrons. The Kier molecular flexibility index (Phi) is 2.21. The zero-order valence-corrected chi connectivity index (χ0v) is 9.43. The van der Waals surface area contributed by atoms with E-state index < -0.39 is 0 Å². The van der Waals surface area contributed by atoms with Gasteiger partial charge in [-0.25, -0.2) is 4.68 Å². The number of benzene rings is 1. The lowest BCUT2D eigenvalue weighted by Crippen LogP contribution is -2.14. The molecule has 1 aromatic carbocycles.